The Morgan fingerprint density at radius 1 is 0.902 bits per heavy atom. The number of benzene rings is 4. The van der Waals surface area contributed by atoms with Gasteiger partial charge in [0.25, 0.3) is 17.5 Å². The molecule has 1 heterocycles. The van der Waals surface area contributed by atoms with E-state index in [1.807, 2.05) is 24.3 Å². The topological polar surface area (TPSA) is 183 Å². The molecule has 260 valence electrons. The molecule has 0 atom stereocenters. The van der Waals surface area contributed by atoms with E-state index in [4.69, 9.17) is 10.8 Å². The number of fused-ring (bicyclic) bond motifs is 1. The summed E-state index contributed by atoms with van der Waals surface area (Å²) in [5.74, 6) is -1.15. The van der Waals surface area contributed by atoms with Crippen LogP contribution in [0.15, 0.2) is 91.0 Å². The maximum atomic E-state index is 13.3. The Kier molecular flexibility index (Phi) is 10.2. The van der Waals surface area contributed by atoms with Crippen molar-refractivity contribution in [3.63, 3.8) is 0 Å². The number of para-hydroxylation sites is 1. The predicted molar refractivity (Wildman–Crippen MR) is 191 cm³/mol. The average molecular weight is 688 g/mol. The zero-order chi connectivity index (χ0) is 36.1. The van der Waals surface area contributed by atoms with Crippen molar-refractivity contribution >= 4 is 40.2 Å². The average Bonchev–Trinajstić information content (AvgIpc) is 3.88. The minimum absolute atomic E-state index is 0.0177. The van der Waals surface area contributed by atoms with Crippen LogP contribution in [-0.2, 0) is 11.3 Å². The van der Waals surface area contributed by atoms with Gasteiger partial charge in [-0.15, -0.1) is 0 Å². The normalized spacial score (nSPS) is 12.3. The van der Waals surface area contributed by atoms with Crippen molar-refractivity contribution in [1.82, 2.24) is 25.3 Å². The van der Waals surface area contributed by atoms with E-state index in [0.29, 0.717) is 35.7 Å². The van der Waals surface area contributed by atoms with Gasteiger partial charge in [-0.05, 0) is 80.3 Å². The van der Waals surface area contributed by atoms with Gasteiger partial charge in [0, 0.05) is 65.3 Å². The zero-order valence-electron chi connectivity index (χ0n) is 28.0. The highest BCUT2D eigenvalue weighted by Gasteiger charge is 2.29. The van der Waals surface area contributed by atoms with E-state index in [2.05, 4.69) is 10.6 Å². The highest BCUT2D eigenvalue weighted by molar-refractivity contribution is 5.97. The first-order valence-corrected chi connectivity index (χ1v) is 16.7. The van der Waals surface area contributed by atoms with Crippen LogP contribution in [0.5, 0.6) is 0 Å². The fraction of sp³-hybridized carbons (Fsp3) is 0.237. The molecular formula is C38H37N7O6. The number of amides is 4. The van der Waals surface area contributed by atoms with E-state index in [0.717, 1.165) is 40.7 Å². The fourth-order valence-corrected chi connectivity index (χ4v) is 5.91. The standard InChI is InChI=1S/C38H37N7O6/c1-2-40-38(49)28-13-14-29(33(21-28)45(50)51)23-43(22-24-7-8-24)34(46)19-20-41-37(48)27-15-17-30(18-16-27)44-32-6-4-3-5-31(32)35(42-44)25-9-11-26(12-10-25)36(39)47/h3-6,9-18,21,24H,2,7-8,19-20,22-23H2,1H3,(H2,39,47)(H,40,49)(H,41,48). The van der Waals surface area contributed by atoms with Crippen molar-refractivity contribution < 1.29 is 24.1 Å². The van der Waals surface area contributed by atoms with Crippen LogP contribution in [-0.4, -0.2) is 62.9 Å². The largest absolute Gasteiger partial charge is 0.366 e. The van der Waals surface area contributed by atoms with Crippen molar-refractivity contribution in [1.29, 1.82) is 0 Å². The molecule has 0 radical (unpaired) electrons. The second kappa shape index (κ2) is 15.0. The summed E-state index contributed by atoms with van der Waals surface area (Å²) in [6, 6.07) is 26.0. The third kappa shape index (κ3) is 7.93. The van der Waals surface area contributed by atoms with Gasteiger partial charge in [-0.1, -0.05) is 30.3 Å². The lowest BCUT2D eigenvalue weighted by Gasteiger charge is -2.23. The summed E-state index contributed by atoms with van der Waals surface area (Å²) in [4.78, 5) is 63.1. The quantitative estimate of drug-likeness (QED) is 0.108. The van der Waals surface area contributed by atoms with Gasteiger partial charge in [0.15, 0.2) is 0 Å². The Balaban J connectivity index is 1.11. The molecule has 1 aliphatic rings. The van der Waals surface area contributed by atoms with Gasteiger partial charge in [0.1, 0.15) is 5.69 Å². The van der Waals surface area contributed by atoms with E-state index >= 15 is 0 Å². The molecule has 6 rings (SSSR count). The molecular weight excluding hydrogens is 650 g/mol. The molecule has 1 fully saturated rings. The van der Waals surface area contributed by atoms with E-state index < -0.39 is 16.7 Å². The number of aromatic nitrogens is 2. The monoisotopic (exact) mass is 687 g/mol. The van der Waals surface area contributed by atoms with Gasteiger partial charge < -0.3 is 21.3 Å². The molecule has 5 aromatic rings. The van der Waals surface area contributed by atoms with Crippen LogP contribution in [0.2, 0.25) is 0 Å². The maximum Gasteiger partial charge on any atom is 0.275 e. The Labute approximate surface area is 293 Å². The van der Waals surface area contributed by atoms with Crippen LogP contribution in [0.3, 0.4) is 0 Å². The summed E-state index contributed by atoms with van der Waals surface area (Å²) in [7, 11) is 0. The lowest BCUT2D eigenvalue weighted by molar-refractivity contribution is -0.385. The molecule has 13 nitrogen and oxygen atoms in total. The third-order valence-corrected chi connectivity index (χ3v) is 8.80. The van der Waals surface area contributed by atoms with Crippen LogP contribution in [0, 0.1) is 16.0 Å². The molecule has 1 saturated carbocycles. The van der Waals surface area contributed by atoms with Crippen molar-refractivity contribution in [3.05, 3.63) is 123 Å². The fourth-order valence-electron chi connectivity index (χ4n) is 5.91. The number of nitro groups is 1. The number of nitrogens with zero attached hydrogens (tertiary/aromatic N) is 4. The number of carbonyl (C=O) groups excluding carboxylic acids is 4. The number of rotatable bonds is 14. The molecule has 13 heteroatoms. The molecule has 4 N–H and O–H groups in total. The van der Waals surface area contributed by atoms with Crippen LogP contribution in [0.4, 0.5) is 5.69 Å². The third-order valence-electron chi connectivity index (χ3n) is 8.80. The Hall–Kier alpha value is -6.37. The minimum atomic E-state index is -0.539. The summed E-state index contributed by atoms with van der Waals surface area (Å²) >= 11 is 0. The lowest BCUT2D eigenvalue weighted by atomic mass is 10.1. The van der Waals surface area contributed by atoms with Crippen LogP contribution in [0.1, 0.15) is 62.8 Å². The van der Waals surface area contributed by atoms with Crippen LogP contribution < -0.4 is 16.4 Å². The molecule has 0 spiro atoms. The number of carbonyl (C=O) groups is 4. The van der Waals surface area contributed by atoms with Gasteiger partial charge >= 0.3 is 0 Å². The molecule has 0 unspecified atom stereocenters. The van der Waals surface area contributed by atoms with Crippen molar-refractivity contribution in [2.45, 2.75) is 32.7 Å². The summed E-state index contributed by atoms with van der Waals surface area (Å²) in [5.41, 5.74) is 9.66. The number of hydrogen-bond acceptors (Lipinski definition) is 7. The first kappa shape index (κ1) is 34.5. The summed E-state index contributed by atoms with van der Waals surface area (Å²) in [5, 5.41) is 23.1. The molecule has 1 aliphatic carbocycles. The van der Waals surface area contributed by atoms with E-state index in [1.54, 1.807) is 65.0 Å². The number of nitro benzene ring substituents is 1. The van der Waals surface area contributed by atoms with Gasteiger partial charge in [-0.2, -0.15) is 5.10 Å². The van der Waals surface area contributed by atoms with Crippen LogP contribution in [0.25, 0.3) is 27.8 Å². The Morgan fingerprint density at radius 2 is 1.57 bits per heavy atom. The number of nitrogens with two attached hydrogens (primary N) is 1. The maximum absolute atomic E-state index is 13.3. The first-order chi connectivity index (χ1) is 24.6. The molecule has 0 saturated heterocycles. The highest BCUT2D eigenvalue weighted by atomic mass is 16.6. The van der Waals surface area contributed by atoms with Crippen LogP contribution >= 0.6 is 0 Å². The van der Waals surface area contributed by atoms with Crippen molar-refractivity contribution in [2.75, 3.05) is 19.6 Å². The minimum Gasteiger partial charge on any atom is -0.366 e. The first-order valence-electron chi connectivity index (χ1n) is 16.7. The molecule has 4 aromatic carbocycles. The SMILES string of the molecule is CCNC(=O)c1ccc(CN(CC2CC2)C(=O)CCNC(=O)c2ccc(-n3nc(-c4ccc(C(N)=O)cc4)c4ccccc43)cc2)c([N+](=O)[O-])c1. The molecule has 0 bridgehead atoms. The van der Waals surface area contributed by atoms with Crippen molar-refractivity contribution in [2.24, 2.45) is 11.7 Å². The molecule has 51 heavy (non-hydrogen) atoms. The van der Waals surface area contributed by atoms with Gasteiger partial charge in [-0.25, -0.2) is 4.68 Å². The van der Waals surface area contributed by atoms with Gasteiger partial charge in [0.2, 0.25) is 11.8 Å². The van der Waals surface area contributed by atoms with Gasteiger partial charge in [0.05, 0.1) is 22.7 Å². The summed E-state index contributed by atoms with van der Waals surface area (Å²) in [6.07, 6.45) is 1.98. The smallest absolute Gasteiger partial charge is 0.275 e. The summed E-state index contributed by atoms with van der Waals surface area (Å²) in [6.45, 7) is 2.73. The van der Waals surface area contributed by atoms with E-state index in [-0.39, 0.29) is 42.6 Å². The number of primary amides is 1. The lowest BCUT2D eigenvalue weighted by Crippen LogP contribution is -2.35. The zero-order valence-corrected chi connectivity index (χ0v) is 28.0. The Bertz CT molecular complexity index is 2120. The summed E-state index contributed by atoms with van der Waals surface area (Å²) < 4.78 is 1.79. The molecule has 0 aliphatic heterocycles. The predicted octanol–water partition coefficient (Wildman–Crippen LogP) is 5.01. The molecule has 4 amide bonds. The second-order valence-electron chi connectivity index (χ2n) is 12.4. The highest BCUT2D eigenvalue weighted by Crippen LogP contribution is 2.32. The number of nitrogens with one attached hydrogen (secondary N) is 2. The van der Waals surface area contributed by atoms with Gasteiger partial charge in [-0.3, -0.25) is 29.3 Å². The second-order valence-corrected chi connectivity index (χ2v) is 12.4. The molecule has 1 aromatic heterocycles. The van der Waals surface area contributed by atoms with E-state index in [1.165, 1.54) is 18.2 Å². The van der Waals surface area contributed by atoms with Crippen molar-refractivity contribution in [3.8, 4) is 16.9 Å². The number of hydrogen-bond donors (Lipinski definition) is 3. The Morgan fingerprint density at radius 3 is 2.24 bits per heavy atom. The van der Waals surface area contributed by atoms with E-state index in [9.17, 15) is 29.3 Å².